The summed E-state index contributed by atoms with van der Waals surface area (Å²) in [5.74, 6) is 0.143. The summed E-state index contributed by atoms with van der Waals surface area (Å²) in [6, 6.07) is 16.2. The Balaban J connectivity index is 1.86. The number of carbonyl (C=O) groups is 1. The lowest BCUT2D eigenvalue weighted by atomic mass is 10.1. The SMILES string of the molecule is Cc1ccc(S(=O)(=O)N(CC(C)C)[C@H](CO)CCCCNC(=O)CCc2ccccc2)cc1. The molecule has 0 fully saturated rings. The number of rotatable bonds is 14. The Bertz CT molecular complexity index is 944. The molecule has 6 nitrogen and oxygen atoms in total. The van der Waals surface area contributed by atoms with Gasteiger partial charge < -0.3 is 10.4 Å². The molecular weight excluding hydrogens is 436 g/mol. The van der Waals surface area contributed by atoms with Crippen LogP contribution in [0, 0.1) is 12.8 Å². The van der Waals surface area contributed by atoms with E-state index in [9.17, 15) is 18.3 Å². The molecule has 1 atom stereocenters. The van der Waals surface area contributed by atoms with E-state index in [-0.39, 0.29) is 23.3 Å². The Hall–Kier alpha value is -2.22. The van der Waals surface area contributed by atoms with E-state index in [2.05, 4.69) is 5.32 Å². The van der Waals surface area contributed by atoms with Crippen LogP contribution in [-0.4, -0.2) is 49.5 Å². The molecular formula is C26H38N2O4S. The number of benzene rings is 2. The minimum Gasteiger partial charge on any atom is -0.395 e. The molecule has 0 spiro atoms. The predicted octanol–water partition coefficient (Wildman–Crippen LogP) is 3.92. The van der Waals surface area contributed by atoms with Crippen LogP contribution in [0.3, 0.4) is 0 Å². The van der Waals surface area contributed by atoms with Crippen LogP contribution in [0.4, 0.5) is 0 Å². The molecule has 0 bridgehead atoms. The van der Waals surface area contributed by atoms with Crippen molar-refractivity contribution in [3.05, 3.63) is 65.7 Å². The maximum atomic E-state index is 13.3. The van der Waals surface area contributed by atoms with E-state index >= 15 is 0 Å². The molecule has 2 N–H and O–H groups in total. The largest absolute Gasteiger partial charge is 0.395 e. The minimum atomic E-state index is -3.71. The number of aliphatic hydroxyl groups excluding tert-OH is 1. The van der Waals surface area contributed by atoms with Crippen molar-refractivity contribution in [2.45, 2.75) is 63.8 Å². The number of aryl methyl sites for hydroxylation is 2. The maximum absolute atomic E-state index is 13.3. The van der Waals surface area contributed by atoms with E-state index in [1.165, 1.54) is 4.31 Å². The number of aliphatic hydroxyl groups is 1. The molecule has 33 heavy (non-hydrogen) atoms. The minimum absolute atomic E-state index is 0.0148. The van der Waals surface area contributed by atoms with Crippen LogP contribution in [0.15, 0.2) is 59.5 Å². The lowest BCUT2D eigenvalue weighted by Gasteiger charge is -2.31. The fourth-order valence-corrected chi connectivity index (χ4v) is 5.51. The van der Waals surface area contributed by atoms with Crippen molar-refractivity contribution in [3.63, 3.8) is 0 Å². The maximum Gasteiger partial charge on any atom is 0.243 e. The average molecular weight is 475 g/mol. The number of unbranched alkanes of at least 4 members (excludes halogenated alkanes) is 1. The average Bonchev–Trinajstić information content (AvgIpc) is 2.79. The molecule has 0 radical (unpaired) electrons. The number of sulfonamides is 1. The fourth-order valence-electron chi connectivity index (χ4n) is 3.70. The van der Waals surface area contributed by atoms with Gasteiger partial charge in [-0.25, -0.2) is 8.42 Å². The van der Waals surface area contributed by atoms with Gasteiger partial charge in [-0.1, -0.05) is 68.3 Å². The summed E-state index contributed by atoms with van der Waals surface area (Å²) in [6.07, 6.45) is 3.13. The molecule has 7 heteroatoms. The van der Waals surface area contributed by atoms with E-state index in [1.807, 2.05) is 51.1 Å². The normalized spacial score (nSPS) is 12.8. The predicted molar refractivity (Wildman–Crippen MR) is 132 cm³/mol. The van der Waals surface area contributed by atoms with Gasteiger partial charge in [0.1, 0.15) is 0 Å². The second-order valence-electron chi connectivity index (χ2n) is 8.95. The van der Waals surface area contributed by atoms with Gasteiger partial charge >= 0.3 is 0 Å². The van der Waals surface area contributed by atoms with Crippen LogP contribution in [0.5, 0.6) is 0 Å². The van der Waals surface area contributed by atoms with Crippen molar-refractivity contribution in [1.29, 1.82) is 0 Å². The summed E-state index contributed by atoms with van der Waals surface area (Å²) in [5, 5.41) is 12.9. The van der Waals surface area contributed by atoms with E-state index < -0.39 is 16.1 Å². The van der Waals surface area contributed by atoms with Gasteiger partial charge in [-0.2, -0.15) is 4.31 Å². The standard InChI is InChI=1S/C26H38N2O4S/c1-21(2)19-28(33(31,32)25-15-12-22(3)13-16-25)24(20-29)11-7-8-18-27-26(30)17-14-23-9-5-4-6-10-23/h4-6,9-10,12-13,15-16,21,24,29H,7-8,11,14,17-20H2,1-3H3,(H,27,30)/t24-/m0/s1. The van der Waals surface area contributed by atoms with Gasteiger partial charge in [0.15, 0.2) is 0 Å². The fraction of sp³-hybridized carbons (Fsp3) is 0.500. The summed E-state index contributed by atoms with van der Waals surface area (Å²) in [7, 11) is -3.71. The van der Waals surface area contributed by atoms with Gasteiger partial charge in [0.2, 0.25) is 15.9 Å². The number of nitrogens with zero attached hydrogens (tertiary/aromatic N) is 1. The zero-order chi connectivity index (χ0) is 24.3. The molecule has 2 aromatic rings. The zero-order valence-corrected chi connectivity index (χ0v) is 20.9. The molecule has 2 rings (SSSR count). The summed E-state index contributed by atoms with van der Waals surface area (Å²) in [6.45, 7) is 6.51. The van der Waals surface area contributed by atoms with Gasteiger partial charge in [-0.05, 0) is 49.8 Å². The Kier molecular flexibility index (Phi) is 11.0. The van der Waals surface area contributed by atoms with Gasteiger partial charge in [0.25, 0.3) is 0 Å². The third-order valence-electron chi connectivity index (χ3n) is 5.56. The van der Waals surface area contributed by atoms with Crippen LogP contribution in [-0.2, 0) is 21.2 Å². The number of hydrogen-bond acceptors (Lipinski definition) is 4. The van der Waals surface area contributed by atoms with Crippen LogP contribution in [0.2, 0.25) is 0 Å². The van der Waals surface area contributed by atoms with Crippen molar-refractivity contribution >= 4 is 15.9 Å². The topological polar surface area (TPSA) is 86.7 Å². The van der Waals surface area contributed by atoms with Gasteiger partial charge in [0, 0.05) is 25.6 Å². The second-order valence-corrected chi connectivity index (χ2v) is 10.8. The molecule has 182 valence electrons. The molecule has 0 saturated heterocycles. The van der Waals surface area contributed by atoms with Crippen LogP contribution < -0.4 is 5.32 Å². The smallest absolute Gasteiger partial charge is 0.243 e. The molecule has 2 aromatic carbocycles. The highest BCUT2D eigenvalue weighted by molar-refractivity contribution is 7.89. The number of amides is 1. The van der Waals surface area contributed by atoms with E-state index in [0.717, 1.165) is 17.5 Å². The lowest BCUT2D eigenvalue weighted by Crippen LogP contribution is -2.44. The first-order valence-electron chi connectivity index (χ1n) is 11.7. The first kappa shape index (κ1) is 27.0. The first-order chi connectivity index (χ1) is 15.7. The van der Waals surface area contributed by atoms with Crippen LogP contribution in [0.25, 0.3) is 0 Å². The second kappa shape index (κ2) is 13.5. The third-order valence-corrected chi connectivity index (χ3v) is 7.49. The van der Waals surface area contributed by atoms with Crippen molar-refractivity contribution < 1.29 is 18.3 Å². The molecule has 0 aliphatic rings. The third kappa shape index (κ3) is 8.91. The van der Waals surface area contributed by atoms with E-state index in [0.29, 0.717) is 38.8 Å². The van der Waals surface area contributed by atoms with Crippen molar-refractivity contribution in [2.24, 2.45) is 5.92 Å². The Morgan fingerprint density at radius 1 is 1.03 bits per heavy atom. The summed E-state index contributed by atoms with van der Waals surface area (Å²) >= 11 is 0. The molecule has 1 amide bonds. The molecule has 0 aromatic heterocycles. The molecule has 0 unspecified atom stereocenters. The number of hydrogen-bond donors (Lipinski definition) is 2. The van der Waals surface area contributed by atoms with Crippen molar-refractivity contribution in [1.82, 2.24) is 9.62 Å². The van der Waals surface area contributed by atoms with Crippen LogP contribution >= 0.6 is 0 Å². The van der Waals surface area contributed by atoms with E-state index in [4.69, 9.17) is 0 Å². The highest BCUT2D eigenvalue weighted by Gasteiger charge is 2.31. The summed E-state index contributed by atoms with van der Waals surface area (Å²) in [5.41, 5.74) is 2.13. The molecule has 0 saturated carbocycles. The highest BCUT2D eigenvalue weighted by atomic mass is 32.2. The van der Waals surface area contributed by atoms with Gasteiger partial charge in [-0.15, -0.1) is 0 Å². The molecule has 0 aliphatic carbocycles. The van der Waals surface area contributed by atoms with Crippen molar-refractivity contribution in [3.8, 4) is 0 Å². The quantitative estimate of drug-likeness (QED) is 0.406. The number of carbonyl (C=O) groups excluding carboxylic acids is 1. The Labute approximate surface area is 199 Å². The highest BCUT2D eigenvalue weighted by Crippen LogP contribution is 2.23. The zero-order valence-electron chi connectivity index (χ0n) is 20.0. The Morgan fingerprint density at radius 3 is 2.30 bits per heavy atom. The van der Waals surface area contributed by atoms with Gasteiger partial charge in [0.05, 0.1) is 11.5 Å². The molecule has 0 heterocycles. The van der Waals surface area contributed by atoms with Crippen molar-refractivity contribution in [2.75, 3.05) is 19.7 Å². The Morgan fingerprint density at radius 2 is 1.70 bits per heavy atom. The number of nitrogens with one attached hydrogen (secondary N) is 1. The summed E-state index contributed by atoms with van der Waals surface area (Å²) < 4.78 is 28.1. The van der Waals surface area contributed by atoms with E-state index in [1.54, 1.807) is 24.3 Å². The molecule has 0 aliphatic heterocycles. The van der Waals surface area contributed by atoms with Crippen LogP contribution in [0.1, 0.15) is 50.7 Å². The first-order valence-corrected chi connectivity index (χ1v) is 13.2. The monoisotopic (exact) mass is 474 g/mol. The lowest BCUT2D eigenvalue weighted by molar-refractivity contribution is -0.121. The van der Waals surface area contributed by atoms with Gasteiger partial charge in [-0.3, -0.25) is 4.79 Å². The summed E-state index contributed by atoms with van der Waals surface area (Å²) in [4.78, 5) is 12.3.